The Balaban J connectivity index is 0.000000980. The zero-order valence-corrected chi connectivity index (χ0v) is 8.76. The molecular formula is C9H9Cl2F2N. The maximum Gasteiger partial charge on any atom is 0.149 e. The van der Waals surface area contributed by atoms with E-state index in [0.717, 1.165) is 13.0 Å². The monoisotopic (exact) mass is 239 g/mol. The summed E-state index contributed by atoms with van der Waals surface area (Å²) in [5.74, 6) is -1.17. The summed E-state index contributed by atoms with van der Waals surface area (Å²) in [4.78, 5) is 0. The normalized spacial score (nSPS) is 19.8. The number of hydrogen-bond acceptors (Lipinski definition) is 1. The lowest BCUT2D eigenvalue weighted by Gasteiger charge is -2.28. The maximum atomic E-state index is 13.3. The van der Waals surface area contributed by atoms with E-state index in [1.54, 1.807) is 0 Å². The van der Waals surface area contributed by atoms with E-state index in [1.165, 1.54) is 12.1 Å². The molecule has 1 aromatic carbocycles. The first kappa shape index (κ1) is 11.7. The Labute approximate surface area is 91.9 Å². The molecule has 1 aliphatic rings. The summed E-state index contributed by atoms with van der Waals surface area (Å²) in [6.07, 6.45) is 0.758. The van der Waals surface area contributed by atoms with Crippen LogP contribution >= 0.6 is 24.0 Å². The topological polar surface area (TPSA) is 12.0 Å². The van der Waals surface area contributed by atoms with Gasteiger partial charge in [-0.3, -0.25) is 0 Å². The number of benzene rings is 1. The van der Waals surface area contributed by atoms with E-state index in [4.69, 9.17) is 11.6 Å². The SMILES string of the molecule is Cl.Fc1ccc(Cl)c(F)c1[C@H]1CCN1. The van der Waals surface area contributed by atoms with Crippen LogP contribution in [0, 0.1) is 11.6 Å². The van der Waals surface area contributed by atoms with Gasteiger partial charge in [-0.25, -0.2) is 8.78 Å². The largest absolute Gasteiger partial charge is 0.310 e. The van der Waals surface area contributed by atoms with Crippen LogP contribution < -0.4 is 5.32 Å². The lowest BCUT2D eigenvalue weighted by atomic mass is 9.97. The molecule has 1 saturated heterocycles. The summed E-state index contributed by atoms with van der Waals surface area (Å²) in [6.45, 7) is 0.802. The molecule has 1 aromatic rings. The number of rotatable bonds is 1. The van der Waals surface area contributed by atoms with Crippen molar-refractivity contribution in [3.05, 3.63) is 34.4 Å². The number of halogens is 4. The first-order chi connectivity index (χ1) is 6.20. The average molecular weight is 240 g/mol. The molecule has 1 fully saturated rings. The van der Waals surface area contributed by atoms with Crippen LogP contribution in [0.3, 0.4) is 0 Å². The van der Waals surface area contributed by atoms with E-state index in [9.17, 15) is 8.78 Å². The van der Waals surface area contributed by atoms with E-state index in [2.05, 4.69) is 5.32 Å². The van der Waals surface area contributed by atoms with Crippen LogP contribution in [0.1, 0.15) is 18.0 Å². The van der Waals surface area contributed by atoms with Crippen molar-refractivity contribution in [2.24, 2.45) is 0 Å². The highest BCUT2D eigenvalue weighted by atomic mass is 35.5. The molecule has 0 aliphatic carbocycles. The second-order valence-corrected chi connectivity index (χ2v) is 3.46. The summed E-state index contributed by atoms with van der Waals surface area (Å²) < 4.78 is 26.5. The highest BCUT2D eigenvalue weighted by Gasteiger charge is 2.26. The van der Waals surface area contributed by atoms with Gasteiger partial charge in [0.15, 0.2) is 0 Å². The summed E-state index contributed by atoms with van der Waals surface area (Å²) in [5, 5.41) is 2.91. The van der Waals surface area contributed by atoms with Crippen molar-refractivity contribution in [1.29, 1.82) is 0 Å². The third kappa shape index (κ3) is 1.85. The smallest absolute Gasteiger partial charge is 0.149 e. The van der Waals surface area contributed by atoms with Crippen molar-refractivity contribution < 1.29 is 8.78 Å². The van der Waals surface area contributed by atoms with Crippen molar-refractivity contribution in [3.8, 4) is 0 Å². The minimum absolute atomic E-state index is 0. The van der Waals surface area contributed by atoms with Crippen molar-refractivity contribution in [2.45, 2.75) is 12.5 Å². The van der Waals surface area contributed by atoms with Crippen molar-refractivity contribution in [1.82, 2.24) is 5.32 Å². The average Bonchev–Trinajstić information content (AvgIpc) is 2.02. The van der Waals surface area contributed by atoms with Gasteiger partial charge < -0.3 is 5.32 Å². The minimum atomic E-state index is -0.640. The van der Waals surface area contributed by atoms with Gasteiger partial charge in [0.25, 0.3) is 0 Å². The molecule has 1 aliphatic heterocycles. The van der Waals surface area contributed by atoms with Gasteiger partial charge in [-0.15, -0.1) is 12.4 Å². The zero-order valence-electron chi connectivity index (χ0n) is 7.19. The second-order valence-electron chi connectivity index (χ2n) is 3.05. The maximum absolute atomic E-state index is 13.3. The van der Waals surface area contributed by atoms with Crippen LogP contribution in [0.25, 0.3) is 0 Å². The van der Waals surface area contributed by atoms with E-state index in [-0.39, 0.29) is 29.0 Å². The van der Waals surface area contributed by atoms with Gasteiger partial charge in [0.2, 0.25) is 0 Å². The Morgan fingerprint density at radius 3 is 2.50 bits per heavy atom. The third-order valence-electron chi connectivity index (χ3n) is 2.25. The standard InChI is InChI=1S/C9H8ClF2N.ClH/c10-5-1-2-6(11)8(9(5)12)7-3-4-13-7;/h1-2,7,13H,3-4H2;1H/t7-;/m1./s1. The predicted octanol–water partition coefficient (Wildman–Crippen LogP) is 3.07. The van der Waals surface area contributed by atoms with E-state index in [0.29, 0.717) is 0 Å². The summed E-state index contributed by atoms with van der Waals surface area (Å²) in [5.41, 5.74) is 0.0683. The fourth-order valence-electron chi connectivity index (χ4n) is 1.40. The van der Waals surface area contributed by atoms with E-state index >= 15 is 0 Å². The van der Waals surface area contributed by atoms with Gasteiger partial charge in [-0.1, -0.05) is 11.6 Å². The molecule has 0 radical (unpaired) electrons. The number of hydrogen-bond donors (Lipinski definition) is 1. The van der Waals surface area contributed by atoms with Crippen molar-refractivity contribution >= 4 is 24.0 Å². The summed E-state index contributed by atoms with van der Waals surface area (Å²) in [7, 11) is 0. The fraction of sp³-hybridized carbons (Fsp3) is 0.333. The highest BCUT2D eigenvalue weighted by Crippen LogP contribution is 2.30. The molecule has 1 nitrogen and oxygen atoms in total. The third-order valence-corrected chi connectivity index (χ3v) is 2.54. The van der Waals surface area contributed by atoms with Gasteiger partial charge in [-0.2, -0.15) is 0 Å². The van der Waals surface area contributed by atoms with Crippen LogP contribution in [0.4, 0.5) is 8.78 Å². The fourth-order valence-corrected chi connectivity index (χ4v) is 1.56. The van der Waals surface area contributed by atoms with Crippen molar-refractivity contribution in [3.63, 3.8) is 0 Å². The van der Waals surface area contributed by atoms with Crippen LogP contribution in [-0.4, -0.2) is 6.54 Å². The second kappa shape index (κ2) is 4.43. The molecule has 0 bridgehead atoms. The van der Waals surface area contributed by atoms with Crippen LogP contribution in [0.15, 0.2) is 12.1 Å². The minimum Gasteiger partial charge on any atom is -0.310 e. The van der Waals surface area contributed by atoms with Gasteiger partial charge in [0, 0.05) is 11.6 Å². The highest BCUT2D eigenvalue weighted by molar-refractivity contribution is 6.30. The molecule has 0 aromatic heterocycles. The Kier molecular flexibility index (Phi) is 3.70. The molecule has 5 heteroatoms. The molecule has 78 valence electrons. The van der Waals surface area contributed by atoms with Gasteiger partial charge in [0.1, 0.15) is 11.6 Å². The summed E-state index contributed by atoms with van der Waals surface area (Å²) >= 11 is 5.54. The zero-order chi connectivity index (χ0) is 9.42. The first-order valence-corrected chi connectivity index (χ1v) is 4.44. The molecule has 2 rings (SSSR count). The lowest BCUT2D eigenvalue weighted by Crippen LogP contribution is -2.36. The molecule has 14 heavy (non-hydrogen) atoms. The van der Waals surface area contributed by atoms with Crippen LogP contribution in [-0.2, 0) is 0 Å². The molecular weight excluding hydrogens is 231 g/mol. The lowest BCUT2D eigenvalue weighted by molar-refractivity contribution is 0.356. The molecule has 0 amide bonds. The molecule has 0 saturated carbocycles. The molecule has 0 spiro atoms. The van der Waals surface area contributed by atoms with Crippen LogP contribution in [0.5, 0.6) is 0 Å². The Hall–Kier alpha value is -0.380. The Morgan fingerprint density at radius 1 is 1.36 bits per heavy atom. The molecule has 1 heterocycles. The van der Waals surface area contributed by atoms with Crippen LogP contribution in [0.2, 0.25) is 5.02 Å². The molecule has 1 atom stereocenters. The van der Waals surface area contributed by atoms with Gasteiger partial charge >= 0.3 is 0 Å². The molecule has 0 unspecified atom stereocenters. The quantitative estimate of drug-likeness (QED) is 0.744. The van der Waals surface area contributed by atoms with E-state index in [1.807, 2.05) is 0 Å². The van der Waals surface area contributed by atoms with E-state index < -0.39 is 11.6 Å². The number of nitrogens with one attached hydrogen (secondary N) is 1. The summed E-state index contributed by atoms with van der Waals surface area (Å²) in [6, 6.07) is 2.22. The predicted molar refractivity (Wildman–Crippen MR) is 54.0 cm³/mol. The first-order valence-electron chi connectivity index (χ1n) is 4.07. The van der Waals surface area contributed by atoms with Gasteiger partial charge in [-0.05, 0) is 25.1 Å². The van der Waals surface area contributed by atoms with Gasteiger partial charge in [0.05, 0.1) is 5.02 Å². The Bertz CT molecular complexity index is 340. The van der Waals surface area contributed by atoms with Crippen molar-refractivity contribution in [2.75, 3.05) is 6.54 Å². The molecule has 1 N–H and O–H groups in total. The Morgan fingerprint density at radius 2 is 2.00 bits per heavy atom.